The number of carbonyl (C=O) groups is 1. The Morgan fingerprint density at radius 2 is 1.91 bits per heavy atom. The van der Waals surface area contributed by atoms with E-state index < -0.39 is 22.0 Å². The molecule has 2 aromatic rings. The third-order valence-electron chi connectivity index (χ3n) is 3.12. The minimum Gasteiger partial charge on any atom is -0.480 e. The third-order valence-corrected chi connectivity index (χ3v) is 5.21. The molecular formula is C15H17NO4S2. The maximum absolute atomic E-state index is 12.2. The number of carboxylic acids is 1. The number of rotatable bonds is 7. The van der Waals surface area contributed by atoms with Gasteiger partial charge in [-0.15, -0.1) is 0 Å². The maximum Gasteiger partial charge on any atom is 0.322 e. The molecule has 1 heterocycles. The number of aliphatic carboxylic acids is 1. The molecule has 0 bridgehead atoms. The molecule has 0 saturated carbocycles. The number of benzene rings is 1. The molecular weight excluding hydrogens is 322 g/mol. The highest BCUT2D eigenvalue weighted by Gasteiger charge is 2.24. The molecule has 1 atom stereocenters. The quantitative estimate of drug-likeness (QED) is 0.810. The van der Waals surface area contributed by atoms with Crippen LogP contribution in [0.1, 0.15) is 16.7 Å². The fourth-order valence-electron chi connectivity index (χ4n) is 1.99. The highest BCUT2D eigenvalue weighted by Crippen LogP contribution is 2.11. The van der Waals surface area contributed by atoms with E-state index in [4.69, 9.17) is 0 Å². The summed E-state index contributed by atoms with van der Waals surface area (Å²) in [5.41, 5.74) is 2.46. The van der Waals surface area contributed by atoms with Gasteiger partial charge in [0.05, 0.1) is 5.75 Å². The van der Waals surface area contributed by atoms with E-state index in [-0.39, 0.29) is 12.2 Å². The summed E-state index contributed by atoms with van der Waals surface area (Å²) in [4.78, 5) is 11.3. The van der Waals surface area contributed by atoms with E-state index in [0.717, 1.165) is 11.1 Å². The van der Waals surface area contributed by atoms with Crippen LogP contribution in [0, 0.1) is 6.92 Å². The van der Waals surface area contributed by atoms with E-state index >= 15 is 0 Å². The second kappa shape index (κ2) is 7.04. The van der Waals surface area contributed by atoms with Crippen molar-refractivity contribution in [3.63, 3.8) is 0 Å². The Balaban J connectivity index is 2.07. The lowest BCUT2D eigenvalue weighted by Crippen LogP contribution is -2.42. The molecule has 0 saturated heterocycles. The van der Waals surface area contributed by atoms with Crippen LogP contribution in [0.4, 0.5) is 0 Å². The van der Waals surface area contributed by atoms with Crippen LogP contribution < -0.4 is 4.72 Å². The molecule has 2 N–H and O–H groups in total. The van der Waals surface area contributed by atoms with Crippen molar-refractivity contribution in [2.24, 2.45) is 0 Å². The fourth-order valence-corrected chi connectivity index (χ4v) is 4.00. The normalized spacial score (nSPS) is 13.0. The van der Waals surface area contributed by atoms with Gasteiger partial charge in [0.25, 0.3) is 0 Å². The van der Waals surface area contributed by atoms with E-state index in [1.54, 1.807) is 18.2 Å². The van der Waals surface area contributed by atoms with E-state index in [9.17, 15) is 18.3 Å². The minimum absolute atomic E-state index is 0.131. The van der Waals surface area contributed by atoms with Gasteiger partial charge in [0.2, 0.25) is 10.0 Å². The largest absolute Gasteiger partial charge is 0.480 e. The molecule has 0 fully saturated rings. The number of nitrogens with one attached hydrogen (secondary N) is 1. The van der Waals surface area contributed by atoms with E-state index in [1.807, 2.05) is 29.8 Å². The molecule has 0 aliphatic heterocycles. The summed E-state index contributed by atoms with van der Waals surface area (Å²) in [5, 5.41) is 12.9. The first-order chi connectivity index (χ1) is 10.4. The molecule has 0 radical (unpaired) electrons. The van der Waals surface area contributed by atoms with Crippen molar-refractivity contribution in [1.82, 2.24) is 4.72 Å². The first-order valence-electron chi connectivity index (χ1n) is 6.65. The fraction of sp³-hybridized carbons (Fsp3) is 0.267. The van der Waals surface area contributed by atoms with Crippen molar-refractivity contribution >= 4 is 27.3 Å². The second-order valence-electron chi connectivity index (χ2n) is 5.09. The lowest BCUT2D eigenvalue weighted by molar-refractivity contribution is -0.138. The number of hydrogen-bond acceptors (Lipinski definition) is 4. The van der Waals surface area contributed by atoms with Crippen LogP contribution in [0.2, 0.25) is 0 Å². The molecule has 1 aromatic carbocycles. The van der Waals surface area contributed by atoms with Crippen LogP contribution in [0.3, 0.4) is 0 Å². The predicted octanol–water partition coefficient (Wildman–Crippen LogP) is 2.17. The summed E-state index contributed by atoms with van der Waals surface area (Å²) < 4.78 is 26.6. The van der Waals surface area contributed by atoms with Gasteiger partial charge in [-0.25, -0.2) is 13.1 Å². The van der Waals surface area contributed by atoms with Crippen molar-refractivity contribution in [2.45, 2.75) is 25.1 Å². The van der Waals surface area contributed by atoms with Gasteiger partial charge in [-0.05, 0) is 34.9 Å². The van der Waals surface area contributed by atoms with Gasteiger partial charge in [-0.2, -0.15) is 11.3 Å². The lowest BCUT2D eigenvalue weighted by atomic mass is 10.1. The molecule has 0 aliphatic carbocycles. The molecule has 0 amide bonds. The minimum atomic E-state index is -3.72. The third kappa shape index (κ3) is 4.94. The van der Waals surface area contributed by atoms with Crippen molar-refractivity contribution in [1.29, 1.82) is 0 Å². The summed E-state index contributed by atoms with van der Waals surface area (Å²) >= 11 is 1.45. The van der Waals surface area contributed by atoms with Gasteiger partial charge in [0, 0.05) is 6.42 Å². The van der Waals surface area contributed by atoms with Crippen LogP contribution in [0.15, 0.2) is 41.1 Å². The Labute approximate surface area is 133 Å². The Morgan fingerprint density at radius 1 is 1.23 bits per heavy atom. The first-order valence-corrected chi connectivity index (χ1v) is 9.25. The highest BCUT2D eigenvalue weighted by atomic mass is 32.2. The number of thiophene rings is 1. The molecule has 1 unspecified atom stereocenters. The standard InChI is InChI=1S/C15H17NO4S2/c1-11-2-4-12(5-3-11)10-22(19,20)16-14(15(17)18)8-13-6-7-21-9-13/h2-7,9,14,16H,8,10H2,1H3,(H,17,18). The summed E-state index contributed by atoms with van der Waals surface area (Å²) in [6, 6.07) is 7.72. The Morgan fingerprint density at radius 3 is 2.45 bits per heavy atom. The van der Waals surface area contributed by atoms with Crippen LogP contribution in [0.5, 0.6) is 0 Å². The molecule has 22 heavy (non-hydrogen) atoms. The summed E-state index contributed by atoms with van der Waals surface area (Å²) in [6.07, 6.45) is 0.131. The molecule has 2 rings (SSSR count). The zero-order valence-corrected chi connectivity index (χ0v) is 13.7. The molecule has 7 heteroatoms. The predicted molar refractivity (Wildman–Crippen MR) is 86.4 cm³/mol. The molecule has 0 spiro atoms. The number of hydrogen-bond donors (Lipinski definition) is 2. The number of carboxylic acid groups (broad SMARTS) is 1. The Bertz CT molecular complexity index is 721. The van der Waals surface area contributed by atoms with Gasteiger partial charge in [-0.3, -0.25) is 4.79 Å². The van der Waals surface area contributed by atoms with Gasteiger partial charge in [0.1, 0.15) is 6.04 Å². The van der Waals surface area contributed by atoms with E-state index in [2.05, 4.69) is 4.72 Å². The number of sulfonamides is 1. The van der Waals surface area contributed by atoms with Gasteiger partial charge >= 0.3 is 5.97 Å². The average Bonchev–Trinajstić information content (AvgIpc) is 2.93. The van der Waals surface area contributed by atoms with Crippen LogP contribution >= 0.6 is 11.3 Å². The van der Waals surface area contributed by atoms with Gasteiger partial charge < -0.3 is 5.11 Å². The highest BCUT2D eigenvalue weighted by molar-refractivity contribution is 7.88. The van der Waals surface area contributed by atoms with E-state index in [0.29, 0.717) is 5.56 Å². The van der Waals surface area contributed by atoms with E-state index in [1.165, 1.54) is 11.3 Å². The Kier molecular flexibility index (Phi) is 5.33. The average molecular weight is 339 g/mol. The van der Waals surface area contributed by atoms with Crippen molar-refractivity contribution in [3.05, 3.63) is 57.8 Å². The summed E-state index contributed by atoms with van der Waals surface area (Å²) in [7, 11) is -3.72. The van der Waals surface area contributed by atoms with Crippen LogP contribution in [-0.2, 0) is 27.0 Å². The first kappa shape index (κ1) is 16.7. The molecule has 5 nitrogen and oxygen atoms in total. The van der Waals surface area contributed by atoms with Crippen molar-refractivity contribution in [2.75, 3.05) is 0 Å². The topological polar surface area (TPSA) is 83.5 Å². The monoisotopic (exact) mass is 339 g/mol. The summed E-state index contributed by atoms with van der Waals surface area (Å²) in [5.74, 6) is -1.42. The smallest absolute Gasteiger partial charge is 0.322 e. The lowest BCUT2D eigenvalue weighted by Gasteiger charge is -2.14. The zero-order chi connectivity index (χ0) is 16.2. The summed E-state index contributed by atoms with van der Waals surface area (Å²) in [6.45, 7) is 1.91. The molecule has 0 aliphatic rings. The number of aryl methyl sites for hydroxylation is 1. The zero-order valence-electron chi connectivity index (χ0n) is 12.0. The molecule has 1 aromatic heterocycles. The maximum atomic E-state index is 12.2. The van der Waals surface area contributed by atoms with Crippen LogP contribution in [-0.4, -0.2) is 25.5 Å². The SMILES string of the molecule is Cc1ccc(CS(=O)(=O)NC(Cc2ccsc2)C(=O)O)cc1. The van der Waals surface area contributed by atoms with Crippen LogP contribution in [0.25, 0.3) is 0 Å². The van der Waals surface area contributed by atoms with Crippen molar-refractivity contribution < 1.29 is 18.3 Å². The van der Waals surface area contributed by atoms with Crippen molar-refractivity contribution in [3.8, 4) is 0 Å². The van der Waals surface area contributed by atoms with Gasteiger partial charge in [-0.1, -0.05) is 29.8 Å². The van der Waals surface area contributed by atoms with Gasteiger partial charge in [0.15, 0.2) is 0 Å². The second-order valence-corrected chi connectivity index (χ2v) is 7.62. The Hall–Kier alpha value is -1.70. The molecule has 118 valence electrons.